The predicted molar refractivity (Wildman–Crippen MR) is 52.1 cm³/mol. The van der Waals surface area contributed by atoms with Gasteiger partial charge in [0.15, 0.2) is 0 Å². The number of hydrogen-bond acceptors (Lipinski definition) is 18. The van der Waals surface area contributed by atoms with Gasteiger partial charge in [-0.15, -0.1) is 0 Å². The van der Waals surface area contributed by atoms with Gasteiger partial charge in [0.05, 0.1) is 0 Å². The Morgan fingerprint density at radius 1 is 0.346 bits per heavy atom. The predicted octanol–water partition coefficient (Wildman–Crippen LogP) is -3.10. The van der Waals surface area contributed by atoms with Crippen molar-refractivity contribution in [1.29, 1.82) is 0 Å². The molecule has 1 aliphatic rings. The van der Waals surface area contributed by atoms with Crippen molar-refractivity contribution >= 4 is 46.9 Å². The summed E-state index contributed by atoms with van der Waals surface area (Å²) in [5, 5.41) is 0. The summed E-state index contributed by atoms with van der Waals surface area (Å²) in [6, 6.07) is 0. The van der Waals surface area contributed by atoms with Gasteiger partial charge in [-0.2, -0.15) is 0 Å². The van der Waals surface area contributed by atoms with E-state index >= 15 is 0 Å². The minimum absolute atomic E-state index is 0. The molecule has 26 heteroatoms. The second kappa shape index (κ2) is 9.39. The first kappa shape index (κ1) is 30.1. The Morgan fingerprint density at radius 2 is 0.423 bits per heavy atom. The Labute approximate surface area is 163 Å². The van der Waals surface area contributed by atoms with E-state index in [2.05, 4.69) is 25.9 Å². The van der Waals surface area contributed by atoms with E-state index in [0.29, 0.717) is 0 Å². The third-order valence-electron chi connectivity index (χ3n) is 1.20. The van der Waals surface area contributed by atoms with Gasteiger partial charge in [0.1, 0.15) is 0 Å². The van der Waals surface area contributed by atoms with E-state index < -0.39 is 46.9 Å². The largest absolute Gasteiger partial charge is 3.00 e. The SMILES string of the molecule is O=P1([O-])OP(=O)([O-])OP(=O)([O-])OP(=O)([O-])OP(=O)([O-])OP(=O)([O-])O1.[Fe+3].[Fe+3]. The Balaban J connectivity index is 0. The van der Waals surface area contributed by atoms with Crippen LogP contribution in [0.2, 0.25) is 0 Å². The molecule has 154 valence electrons. The fraction of sp³-hybridized carbons (Fsp3) is 0. The summed E-state index contributed by atoms with van der Waals surface area (Å²) in [4.78, 5) is 65.8. The molecule has 2 radical (unpaired) electrons. The van der Waals surface area contributed by atoms with Gasteiger partial charge in [0.25, 0.3) is 46.9 Å². The van der Waals surface area contributed by atoms with E-state index in [4.69, 9.17) is 0 Å². The van der Waals surface area contributed by atoms with Gasteiger partial charge < -0.3 is 29.4 Å². The summed E-state index contributed by atoms with van der Waals surface area (Å²) in [7, 11) is -39.3. The third-order valence-corrected chi connectivity index (χ3v) is 10.8. The summed E-state index contributed by atoms with van der Waals surface area (Å²) in [6.07, 6.45) is 0. The van der Waals surface area contributed by atoms with Crippen molar-refractivity contribution in [2.24, 2.45) is 0 Å². The Hall–Kier alpha value is 1.94. The molecule has 0 aromatic heterocycles. The maximum atomic E-state index is 11.0. The van der Waals surface area contributed by atoms with E-state index in [9.17, 15) is 56.8 Å². The molecule has 0 unspecified atom stereocenters. The zero-order valence-corrected chi connectivity index (χ0v) is 18.3. The average molecular weight is 586 g/mol. The van der Waals surface area contributed by atoms with Crippen LogP contribution >= 0.6 is 46.9 Å². The molecule has 0 spiro atoms. The molecule has 0 N–H and O–H groups in total. The van der Waals surface area contributed by atoms with Crippen LogP contribution in [0.3, 0.4) is 0 Å². The standard InChI is InChI=1S/2Fe.H6O18P6/c;;1-19(2)13-20(3,4)15-22(7,8)17-24(11,12)18-23(9,10)16-21(5,6)14-19/h;;(H,1,2)(H,3,4)(H,5,6)(H,7,8)(H,9,10)(H,11,12)/q2*+3;/p-6. The van der Waals surface area contributed by atoms with Crippen LogP contribution in [0, 0.1) is 0 Å². The molecule has 1 fully saturated rings. The van der Waals surface area contributed by atoms with Crippen molar-refractivity contribution in [3.8, 4) is 0 Å². The van der Waals surface area contributed by atoms with E-state index in [-0.39, 0.29) is 34.1 Å². The quantitative estimate of drug-likeness (QED) is 0.201. The van der Waals surface area contributed by atoms with E-state index in [1.807, 2.05) is 0 Å². The minimum Gasteiger partial charge on any atom is -0.756 e. The number of hydrogen-bond donors (Lipinski definition) is 0. The van der Waals surface area contributed by atoms with Gasteiger partial charge in [-0.25, -0.2) is 25.9 Å². The van der Waals surface area contributed by atoms with Crippen molar-refractivity contribution < 1.29 is 117 Å². The van der Waals surface area contributed by atoms with Crippen molar-refractivity contribution in [1.82, 2.24) is 0 Å². The molecule has 0 aromatic carbocycles. The molecule has 0 aromatic rings. The summed E-state index contributed by atoms with van der Waals surface area (Å²) >= 11 is 0. The van der Waals surface area contributed by atoms with Gasteiger partial charge in [-0.1, -0.05) is 0 Å². The van der Waals surface area contributed by atoms with Crippen LogP contribution in [-0.2, 0) is 87.4 Å². The molecule has 0 amide bonds. The first-order valence-corrected chi connectivity index (χ1v) is 13.1. The Kier molecular flexibility index (Phi) is 10.9. The normalized spacial score (nSPS) is 51.0. The molecule has 1 rings (SSSR count). The zero-order valence-electron chi connectivity index (χ0n) is 10.7. The summed E-state index contributed by atoms with van der Waals surface area (Å²) < 4.78 is 83.4. The van der Waals surface area contributed by atoms with Crippen LogP contribution in [0.15, 0.2) is 0 Å². The van der Waals surface area contributed by atoms with Crippen LogP contribution < -0.4 is 29.4 Å². The second-order valence-corrected chi connectivity index (χ2v) is 12.5. The molecular weight excluding hydrogens is 586 g/mol. The Bertz CT molecular complexity index is 585. The van der Waals surface area contributed by atoms with Crippen molar-refractivity contribution in [2.75, 3.05) is 0 Å². The molecule has 0 saturated carbocycles. The van der Waals surface area contributed by atoms with Gasteiger partial charge in [-0.3, -0.25) is 27.4 Å². The summed E-state index contributed by atoms with van der Waals surface area (Å²) in [5.74, 6) is 0. The fourth-order valence-corrected chi connectivity index (χ4v) is 9.03. The van der Waals surface area contributed by atoms with Crippen LogP contribution in [-0.4, -0.2) is 0 Å². The van der Waals surface area contributed by atoms with E-state index in [0.717, 1.165) is 0 Å². The molecule has 26 heavy (non-hydrogen) atoms. The van der Waals surface area contributed by atoms with E-state index in [1.54, 1.807) is 0 Å². The molecule has 1 heterocycles. The molecule has 18 nitrogen and oxygen atoms in total. The molecule has 1 saturated heterocycles. The third kappa shape index (κ3) is 11.2. The second-order valence-electron chi connectivity index (χ2n) is 3.17. The zero-order chi connectivity index (χ0) is 19.2. The van der Waals surface area contributed by atoms with E-state index in [1.165, 1.54) is 0 Å². The average Bonchev–Trinajstić information content (AvgIpc) is 1.98. The first-order valence-electron chi connectivity index (χ1n) is 4.38. The minimum atomic E-state index is -6.56. The first-order chi connectivity index (χ1) is 10.2. The van der Waals surface area contributed by atoms with Crippen LogP contribution in [0.4, 0.5) is 0 Å². The van der Waals surface area contributed by atoms with Crippen molar-refractivity contribution in [3.63, 3.8) is 0 Å². The fourth-order valence-electron chi connectivity index (χ4n) is 0.824. The molecular formula is Fe2O18P6. The molecule has 0 aliphatic carbocycles. The van der Waals surface area contributed by atoms with Crippen LogP contribution in [0.25, 0.3) is 0 Å². The number of rotatable bonds is 0. The van der Waals surface area contributed by atoms with Gasteiger partial charge in [-0.05, 0) is 0 Å². The van der Waals surface area contributed by atoms with Crippen LogP contribution in [0.5, 0.6) is 0 Å². The topological polar surface area (TPSA) is 296 Å². The number of phosphoric acid groups is 6. The summed E-state index contributed by atoms with van der Waals surface area (Å²) in [5.41, 5.74) is 0. The Morgan fingerprint density at radius 3 is 0.500 bits per heavy atom. The monoisotopic (exact) mass is 586 g/mol. The maximum Gasteiger partial charge on any atom is 3.00 e. The van der Waals surface area contributed by atoms with Crippen molar-refractivity contribution in [3.05, 3.63) is 0 Å². The molecule has 0 atom stereocenters. The smallest absolute Gasteiger partial charge is 0.756 e. The maximum absolute atomic E-state index is 11.0. The van der Waals surface area contributed by atoms with Crippen molar-refractivity contribution in [2.45, 2.75) is 0 Å². The van der Waals surface area contributed by atoms with Gasteiger partial charge in [0, 0.05) is 0 Å². The summed E-state index contributed by atoms with van der Waals surface area (Å²) in [6.45, 7) is 0. The van der Waals surface area contributed by atoms with Crippen LogP contribution in [0.1, 0.15) is 0 Å². The van der Waals surface area contributed by atoms with Gasteiger partial charge in [0.2, 0.25) is 0 Å². The van der Waals surface area contributed by atoms with Gasteiger partial charge >= 0.3 is 34.1 Å². The molecule has 0 bridgehead atoms. The molecule has 1 aliphatic heterocycles.